The molecule has 1 N–H and O–H groups in total. The first-order valence-electron chi connectivity index (χ1n) is 7.73. The van der Waals surface area contributed by atoms with Crippen molar-refractivity contribution in [1.29, 1.82) is 0 Å². The summed E-state index contributed by atoms with van der Waals surface area (Å²) in [6.07, 6.45) is 5.49. The third-order valence-electron chi connectivity index (χ3n) is 4.83. The zero-order valence-corrected chi connectivity index (χ0v) is 12.5. The molecule has 2 fully saturated rings. The Bertz CT molecular complexity index is 509. The first kappa shape index (κ1) is 13.5. The number of anilines is 2. The summed E-state index contributed by atoms with van der Waals surface area (Å²) in [4.78, 5) is 13.7. The van der Waals surface area contributed by atoms with E-state index >= 15 is 0 Å². The van der Waals surface area contributed by atoms with Crippen LogP contribution in [0.4, 0.5) is 11.4 Å². The fraction of sp³-hybridized carbons (Fsp3) is 0.588. The first-order valence-corrected chi connectivity index (χ1v) is 7.73. The van der Waals surface area contributed by atoms with Crippen LogP contribution >= 0.6 is 0 Å². The van der Waals surface area contributed by atoms with Gasteiger partial charge in [-0.05, 0) is 42.9 Å². The maximum atomic E-state index is 11.8. The summed E-state index contributed by atoms with van der Waals surface area (Å²) < 4.78 is 0. The van der Waals surface area contributed by atoms with Gasteiger partial charge in [0.15, 0.2) is 0 Å². The molecule has 20 heavy (non-hydrogen) atoms. The van der Waals surface area contributed by atoms with Crippen LogP contribution in [0.2, 0.25) is 0 Å². The van der Waals surface area contributed by atoms with Gasteiger partial charge in [0.2, 0.25) is 5.91 Å². The summed E-state index contributed by atoms with van der Waals surface area (Å²) in [7, 11) is 0. The van der Waals surface area contributed by atoms with E-state index in [-0.39, 0.29) is 5.91 Å². The van der Waals surface area contributed by atoms with Crippen molar-refractivity contribution in [3.63, 3.8) is 0 Å². The van der Waals surface area contributed by atoms with Crippen molar-refractivity contribution in [2.24, 2.45) is 5.41 Å². The van der Waals surface area contributed by atoms with Crippen LogP contribution in [0.25, 0.3) is 0 Å². The fourth-order valence-corrected chi connectivity index (χ4v) is 3.48. The minimum atomic E-state index is 0.253. The second kappa shape index (κ2) is 5.12. The molecule has 1 unspecified atom stereocenters. The number of benzene rings is 1. The number of nitrogens with one attached hydrogen (secondary N) is 1. The maximum absolute atomic E-state index is 11.8. The van der Waals surface area contributed by atoms with Gasteiger partial charge in [0.25, 0.3) is 0 Å². The molecule has 0 aromatic heterocycles. The Morgan fingerprint density at radius 1 is 1.30 bits per heavy atom. The van der Waals surface area contributed by atoms with Gasteiger partial charge in [-0.15, -0.1) is 0 Å². The molecule has 108 valence electrons. The van der Waals surface area contributed by atoms with Crippen LogP contribution in [0.3, 0.4) is 0 Å². The molecule has 0 bridgehead atoms. The first-order chi connectivity index (χ1) is 9.56. The smallest absolute Gasteiger partial charge is 0.227 e. The largest absolute Gasteiger partial charge is 0.382 e. The van der Waals surface area contributed by atoms with Crippen LogP contribution in [0.1, 0.15) is 46.0 Å². The van der Waals surface area contributed by atoms with Gasteiger partial charge < -0.3 is 10.2 Å². The van der Waals surface area contributed by atoms with Gasteiger partial charge in [-0.1, -0.05) is 26.3 Å². The van der Waals surface area contributed by atoms with E-state index in [9.17, 15) is 4.79 Å². The zero-order chi connectivity index (χ0) is 14.2. The highest BCUT2D eigenvalue weighted by atomic mass is 16.2. The zero-order valence-electron chi connectivity index (χ0n) is 12.5. The minimum Gasteiger partial charge on any atom is -0.382 e. The van der Waals surface area contributed by atoms with Crippen molar-refractivity contribution in [2.45, 2.75) is 52.0 Å². The van der Waals surface area contributed by atoms with E-state index in [0.29, 0.717) is 17.9 Å². The van der Waals surface area contributed by atoms with Crippen LogP contribution in [-0.4, -0.2) is 18.5 Å². The van der Waals surface area contributed by atoms with Crippen LogP contribution in [0, 0.1) is 5.41 Å². The lowest BCUT2D eigenvalue weighted by atomic mass is 9.87. The molecule has 3 rings (SSSR count). The van der Waals surface area contributed by atoms with Crippen molar-refractivity contribution in [3.05, 3.63) is 24.3 Å². The molecule has 3 heteroatoms. The lowest BCUT2D eigenvalue weighted by molar-refractivity contribution is -0.117. The highest BCUT2D eigenvalue weighted by molar-refractivity contribution is 5.95. The van der Waals surface area contributed by atoms with E-state index in [0.717, 1.165) is 24.3 Å². The highest BCUT2D eigenvalue weighted by Gasteiger charge is 2.34. The van der Waals surface area contributed by atoms with Crippen molar-refractivity contribution in [3.8, 4) is 0 Å². The molecule has 0 spiro atoms. The predicted octanol–water partition coefficient (Wildman–Crippen LogP) is 3.80. The molecular weight excluding hydrogens is 248 g/mol. The second-order valence-corrected chi connectivity index (χ2v) is 6.78. The van der Waals surface area contributed by atoms with E-state index in [1.165, 1.54) is 19.3 Å². The Morgan fingerprint density at radius 2 is 2.15 bits per heavy atom. The summed E-state index contributed by atoms with van der Waals surface area (Å²) in [5.74, 6) is 0.253. The number of carbonyl (C=O) groups is 1. The summed E-state index contributed by atoms with van der Waals surface area (Å²) in [5.41, 5.74) is 2.54. The number of rotatable bonds is 3. The molecule has 1 saturated carbocycles. The van der Waals surface area contributed by atoms with Gasteiger partial charge in [-0.25, -0.2) is 0 Å². The number of hydrogen-bond donors (Lipinski definition) is 1. The molecule has 1 aromatic rings. The third-order valence-corrected chi connectivity index (χ3v) is 4.83. The van der Waals surface area contributed by atoms with Crippen LogP contribution in [-0.2, 0) is 4.79 Å². The molecule has 3 nitrogen and oxygen atoms in total. The normalized spacial score (nSPS) is 25.2. The van der Waals surface area contributed by atoms with Crippen LogP contribution in [0.15, 0.2) is 24.3 Å². The van der Waals surface area contributed by atoms with E-state index in [1.807, 2.05) is 17.0 Å². The topological polar surface area (TPSA) is 32.3 Å². The van der Waals surface area contributed by atoms with Gasteiger partial charge >= 0.3 is 0 Å². The van der Waals surface area contributed by atoms with E-state index in [4.69, 9.17) is 0 Å². The number of carbonyl (C=O) groups excluding carboxylic acids is 1. The van der Waals surface area contributed by atoms with Gasteiger partial charge in [0, 0.05) is 30.4 Å². The third kappa shape index (κ3) is 2.54. The molecule has 1 atom stereocenters. The lowest BCUT2D eigenvalue weighted by Crippen LogP contribution is -2.31. The fourth-order valence-electron chi connectivity index (χ4n) is 3.48. The molecule has 1 aliphatic heterocycles. The summed E-state index contributed by atoms with van der Waals surface area (Å²) in [6.45, 7) is 5.54. The van der Waals surface area contributed by atoms with Gasteiger partial charge in [0.05, 0.1) is 0 Å². The maximum Gasteiger partial charge on any atom is 0.227 e. The Kier molecular flexibility index (Phi) is 3.45. The molecule has 1 aromatic carbocycles. The van der Waals surface area contributed by atoms with Crippen LogP contribution < -0.4 is 10.2 Å². The Hall–Kier alpha value is -1.51. The highest BCUT2D eigenvalue weighted by Crippen LogP contribution is 2.39. The quantitative estimate of drug-likeness (QED) is 0.907. The lowest BCUT2D eigenvalue weighted by Gasteiger charge is -2.29. The van der Waals surface area contributed by atoms with Gasteiger partial charge in [0.1, 0.15) is 0 Å². The van der Waals surface area contributed by atoms with Gasteiger partial charge in [-0.3, -0.25) is 4.79 Å². The Labute approximate surface area is 121 Å². The van der Waals surface area contributed by atoms with Crippen molar-refractivity contribution < 1.29 is 4.79 Å². The summed E-state index contributed by atoms with van der Waals surface area (Å²) in [6, 6.07) is 8.85. The molecular formula is C17H24N2O. The van der Waals surface area contributed by atoms with Crippen molar-refractivity contribution >= 4 is 17.3 Å². The molecule has 0 radical (unpaired) electrons. The predicted molar refractivity (Wildman–Crippen MR) is 83.1 cm³/mol. The molecule has 1 amide bonds. The molecule has 2 aliphatic rings. The molecule has 1 heterocycles. The van der Waals surface area contributed by atoms with Crippen molar-refractivity contribution in [1.82, 2.24) is 0 Å². The number of amides is 1. The summed E-state index contributed by atoms with van der Waals surface area (Å²) in [5, 5.41) is 3.67. The van der Waals surface area contributed by atoms with Crippen molar-refractivity contribution in [2.75, 3.05) is 16.8 Å². The number of hydrogen-bond acceptors (Lipinski definition) is 2. The average Bonchev–Trinajstić information content (AvgIpc) is 2.97. The molecule has 1 saturated heterocycles. The average molecular weight is 272 g/mol. The van der Waals surface area contributed by atoms with Gasteiger partial charge in [-0.2, -0.15) is 0 Å². The minimum absolute atomic E-state index is 0.253. The van der Waals surface area contributed by atoms with E-state index in [2.05, 4.69) is 31.3 Å². The van der Waals surface area contributed by atoms with E-state index < -0.39 is 0 Å². The summed E-state index contributed by atoms with van der Waals surface area (Å²) >= 11 is 0. The Balaban J connectivity index is 1.76. The monoisotopic (exact) mass is 272 g/mol. The molecule has 1 aliphatic carbocycles. The number of nitrogens with zero attached hydrogens (tertiary/aromatic N) is 1. The second-order valence-electron chi connectivity index (χ2n) is 6.78. The van der Waals surface area contributed by atoms with E-state index in [1.54, 1.807) is 0 Å². The Morgan fingerprint density at radius 3 is 2.80 bits per heavy atom. The standard InChI is InChI=1S/C17H24N2O/c1-17(2)10-4-8-15(17)18-13-6-3-7-14(12-13)19-11-5-9-16(19)20/h3,6-7,12,15,18H,4-5,8-11H2,1-2H3. The van der Waals surface area contributed by atoms with Crippen LogP contribution in [0.5, 0.6) is 0 Å². The SMILES string of the molecule is CC1(C)CCCC1Nc1cccc(N2CCCC2=O)c1.